The molecule has 0 aliphatic heterocycles. The van der Waals surface area contributed by atoms with Gasteiger partial charge in [-0.05, 0) is 12.1 Å². The summed E-state index contributed by atoms with van der Waals surface area (Å²) >= 11 is 5.75. The lowest BCUT2D eigenvalue weighted by Crippen LogP contribution is -2.07. The van der Waals surface area contributed by atoms with Crippen LogP contribution in [0.5, 0.6) is 5.75 Å². The number of halogens is 1. The first-order valence-electron chi connectivity index (χ1n) is 3.47. The number of benzene rings is 1. The SMILES string of the molecule is COc1ccc(NC(=O)O)c(Cl)c1. The lowest BCUT2D eigenvalue weighted by Gasteiger charge is -2.05. The van der Waals surface area contributed by atoms with Crippen molar-refractivity contribution < 1.29 is 14.6 Å². The third-order valence-electron chi connectivity index (χ3n) is 1.42. The molecule has 0 fully saturated rings. The molecule has 0 aliphatic rings. The van der Waals surface area contributed by atoms with Crippen LogP contribution in [0.1, 0.15) is 0 Å². The summed E-state index contributed by atoms with van der Waals surface area (Å²) in [5.74, 6) is 0.584. The highest BCUT2D eigenvalue weighted by atomic mass is 35.5. The summed E-state index contributed by atoms with van der Waals surface area (Å²) < 4.78 is 4.90. The summed E-state index contributed by atoms with van der Waals surface area (Å²) in [6, 6.07) is 4.69. The van der Waals surface area contributed by atoms with E-state index in [1.54, 1.807) is 6.07 Å². The average Bonchev–Trinajstić information content (AvgIpc) is 2.08. The van der Waals surface area contributed by atoms with Crippen molar-refractivity contribution in [3.63, 3.8) is 0 Å². The van der Waals surface area contributed by atoms with E-state index in [-0.39, 0.29) is 0 Å². The Bertz CT molecular complexity index is 327. The molecule has 0 spiro atoms. The van der Waals surface area contributed by atoms with E-state index in [9.17, 15) is 4.79 Å². The lowest BCUT2D eigenvalue weighted by atomic mass is 10.3. The molecule has 5 heteroatoms. The van der Waals surface area contributed by atoms with Gasteiger partial charge in [-0.15, -0.1) is 0 Å². The number of methoxy groups -OCH3 is 1. The van der Waals surface area contributed by atoms with Crippen LogP contribution >= 0.6 is 11.6 Å². The van der Waals surface area contributed by atoms with Gasteiger partial charge in [0.15, 0.2) is 0 Å². The molecule has 0 unspecified atom stereocenters. The summed E-state index contributed by atoms with van der Waals surface area (Å²) in [4.78, 5) is 10.3. The zero-order valence-corrected chi connectivity index (χ0v) is 7.63. The molecule has 2 N–H and O–H groups in total. The Kier molecular flexibility index (Phi) is 2.97. The monoisotopic (exact) mass is 201 g/mol. The molecule has 0 saturated heterocycles. The summed E-state index contributed by atoms with van der Waals surface area (Å²) in [7, 11) is 1.51. The van der Waals surface area contributed by atoms with E-state index in [1.807, 2.05) is 0 Å². The molecule has 0 bridgehead atoms. The standard InChI is InChI=1S/C8H8ClNO3/c1-13-5-2-3-7(6(9)4-5)10-8(11)12/h2-4,10H,1H3,(H,11,12). The fourth-order valence-corrected chi connectivity index (χ4v) is 1.06. The second-order valence-corrected chi connectivity index (χ2v) is 2.68. The molecule has 1 aromatic rings. The van der Waals surface area contributed by atoms with Crippen LogP contribution in [-0.2, 0) is 0 Å². The molecule has 13 heavy (non-hydrogen) atoms. The van der Waals surface area contributed by atoms with Crippen LogP contribution in [0, 0.1) is 0 Å². The first kappa shape index (κ1) is 9.67. The van der Waals surface area contributed by atoms with Crippen molar-refractivity contribution in [3.05, 3.63) is 23.2 Å². The van der Waals surface area contributed by atoms with Gasteiger partial charge in [-0.1, -0.05) is 11.6 Å². The minimum absolute atomic E-state index is 0.307. The van der Waals surface area contributed by atoms with E-state index >= 15 is 0 Å². The molecule has 1 amide bonds. The number of ether oxygens (including phenoxy) is 1. The normalized spacial score (nSPS) is 9.38. The topological polar surface area (TPSA) is 58.6 Å². The number of rotatable bonds is 2. The van der Waals surface area contributed by atoms with Gasteiger partial charge in [-0.25, -0.2) is 4.79 Å². The highest BCUT2D eigenvalue weighted by Crippen LogP contribution is 2.26. The molecule has 1 rings (SSSR count). The van der Waals surface area contributed by atoms with Crippen molar-refractivity contribution in [3.8, 4) is 5.75 Å². The highest BCUT2D eigenvalue weighted by molar-refractivity contribution is 6.33. The van der Waals surface area contributed by atoms with Crippen LogP contribution in [0.2, 0.25) is 5.02 Å². The predicted octanol–water partition coefficient (Wildman–Crippen LogP) is 2.44. The second kappa shape index (κ2) is 4.00. The number of carbonyl (C=O) groups is 1. The van der Waals surface area contributed by atoms with E-state index in [1.165, 1.54) is 19.2 Å². The van der Waals surface area contributed by atoms with Gasteiger partial charge in [-0.3, -0.25) is 5.32 Å². The molecule has 70 valence electrons. The van der Waals surface area contributed by atoms with Gasteiger partial charge in [0, 0.05) is 6.07 Å². The van der Waals surface area contributed by atoms with Crippen molar-refractivity contribution in [2.45, 2.75) is 0 Å². The molecule has 0 saturated carbocycles. The molecule has 0 aromatic heterocycles. The van der Waals surface area contributed by atoms with E-state index in [0.717, 1.165) is 0 Å². The van der Waals surface area contributed by atoms with E-state index < -0.39 is 6.09 Å². The first-order chi connectivity index (χ1) is 6.13. The Balaban J connectivity index is 2.91. The number of hydrogen-bond acceptors (Lipinski definition) is 2. The maximum Gasteiger partial charge on any atom is 0.409 e. The second-order valence-electron chi connectivity index (χ2n) is 2.28. The first-order valence-corrected chi connectivity index (χ1v) is 3.85. The summed E-state index contributed by atoms with van der Waals surface area (Å²) in [5.41, 5.74) is 0.343. The summed E-state index contributed by atoms with van der Waals surface area (Å²) in [6.45, 7) is 0. The third-order valence-corrected chi connectivity index (χ3v) is 1.73. The summed E-state index contributed by atoms with van der Waals surface area (Å²) in [6.07, 6.45) is -1.15. The number of nitrogens with one attached hydrogen (secondary N) is 1. The molecule has 0 heterocycles. The minimum Gasteiger partial charge on any atom is -0.497 e. The van der Waals surface area contributed by atoms with Gasteiger partial charge >= 0.3 is 6.09 Å². The fourth-order valence-electron chi connectivity index (χ4n) is 0.839. The molecule has 4 nitrogen and oxygen atoms in total. The zero-order valence-electron chi connectivity index (χ0n) is 6.87. The minimum atomic E-state index is -1.15. The highest BCUT2D eigenvalue weighted by Gasteiger charge is 2.04. The van der Waals surface area contributed by atoms with Crippen molar-refractivity contribution in [2.24, 2.45) is 0 Å². The van der Waals surface area contributed by atoms with Crippen LogP contribution in [0.3, 0.4) is 0 Å². The fraction of sp³-hybridized carbons (Fsp3) is 0.125. The average molecular weight is 202 g/mol. The largest absolute Gasteiger partial charge is 0.497 e. The molecular weight excluding hydrogens is 194 g/mol. The van der Waals surface area contributed by atoms with Crippen LogP contribution in [0.25, 0.3) is 0 Å². The third kappa shape index (κ3) is 2.52. The quantitative estimate of drug-likeness (QED) is 0.773. The van der Waals surface area contributed by atoms with Gasteiger partial charge in [0.2, 0.25) is 0 Å². The lowest BCUT2D eigenvalue weighted by molar-refractivity contribution is 0.209. The van der Waals surface area contributed by atoms with Crippen LogP contribution in [0.15, 0.2) is 18.2 Å². The van der Waals surface area contributed by atoms with Gasteiger partial charge < -0.3 is 9.84 Å². The Hall–Kier alpha value is -1.42. The van der Waals surface area contributed by atoms with Crippen LogP contribution in [-0.4, -0.2) is 18.3 Å². The maximum absolute atomic E-state index is 10.3. The summed E-state index contributed by atoms with van der Waals surface area (Å²) in [5, 5.41) is 10.9. The molecule has 0 aliphatic carbocycles. The van der Waals surface area contributed by atoms with E-state index in [0.29, 0.717) is 16.5 Å². The molecule has 1 aromatic carbocycles. The molecule has 0 atom stereocenters. The van der Waals surface area contributed by atoms with Crippen molar-refractivity contribution in [1.82, 2.24) is 0 Å². The van der Waals surface area contributed by atoms with E-state index in [4.69, 9.17) is 21.4 Å². The Morgan fingerprint density at radius 3 is 2.77 bits per heavy atom. The van der Waals surface area contributed by atoms with Gasteiger partial charge in [-0.2, -0.15) is 0 Å². The number of amides is 1. The Morgan fingerprint density at radius 1 is 1.62 bits per heavy atom. The molecular formula is C8H8ClNO3. The smallest absolute Gasteiger partial charge is 0.409 e. The van der Waals surface area contributed by atoms with Gasteiger partial charge in [0.25, 0.3) is 0 Å². The number of carboxylic acid groups (broad SMARTS) is 1. The van der Waals surface area contributed by atoms with Crippen LogP contribution in [0.4, 0.5) is 10.5 Å². The van der Waals surface area contributed by atoms with Crippen molar-refractivity contribution in [2.75, 3.05) is 12.4 Å². The maximum atomic E-state index is 10.3. The van der Waals surface area contributed by atoms with Gasteiger partial charge in [0.1, 0.15) is 5.75 Å². The van der Waals surface area contributed by atoms with E-state index in [2.05, 4.69) is 5.32 Å². The van der Waals surface area contributed by atoms with Crippen molar-refractivity contribution in [1.29, 1.82) is 0 Å². The van der Waals surface area contributed by atoms with Gasteiger partial charge in [0.05, 0.1) is 17.8 Å². The number of anilines is 1. The van der Waals surface area contributed by atoms with Crippen molar-refractivity contribution >= 4 is 23.4 Å². The predicted molar refractivity (Wildman–Crippen MR) is 49.7 cm³/mol. The molecule has 0 radical (unpaired) electrons. The Labute approximate surface area is 80.1 Å². The van der Waals surface area contributed by atoms with Crippen LogP contribution < -0.4 is 10.1 Å². The number of hydrogen-bond donors (Lipinski definition) is 2. The zero-order chi connectivity index (χ0) is 9.84. The Morgan fingerprint density at radius 2 is 2.31 bits per heavy atom.